The van der Waals surface area contributed by atoms with E-state index in [-0.39, 0.29) is 40.4 Å². The average Bonchev–Trinajstić information content (AvgIpc) is 2.94. The van der Waals surface area contributed by atoms with Crippen LogP contribution in [0.25, 0.3) is 0 Å². The van der Waals surface area contributed by atoms with Crippen LogP contribution in [0.2, 0.25) is 0 Å². The lowest BCUT2D eigenvalue weighted by atomic mass is 9.88. The van der Waals surface area contributed by atoms with Crippen LogP contribution in [-0.4, -0.2) is 40.9 Å². The number of hydrogen-bond acceptors (Lipinski definition) is 11. The van der Waals surface area contributed by atoms with Gasteiger partial charge >= 0.3 is 6.02 Å². The number of anilines is 2. The molecular formula is C18H33N11O. The van der Waals surface area contributed by atoms with Crippen LogP contribution in [0.3, 0.4) is 0 Å². The molecule has 11 N–H and O–H groups in total. The van der Waals surface area contributed by atoms with Crippen LogP contribution in [0.1, 0.15) is 47.2 Å². The predicted octanol–water partition coefficient (Wildman–Crippen LogP) is 0.180. The van der Waals surface area contributed by atoms with Crippen molar-refractivity contribution in [3.8, 4) is 0 Å². The van der Waals surface area contributed by atoms with Crippen LogP contribution in [0.15, 0.2) is 21.5 Å². The summed E-state index contributed by atoms with van der Waals surface area (Å²) in [6.45, 7) is 11.6. The Morgan fingerprint density at radius 3 is 2.23 bits per heavy atom. The Kier molecular flexibility index (Phi) is 5.91. The number of allylic oxidation sites excluding steroid dienone is 1. The van der Waals surface area contributed by atoms with Gasteiger partial charge < -0.3 is 43.7 Å². The van der Waals surface area contributed by atoms with Gasteiger partial charge in [0.2, 0.25) is 12.2 Å². The Morgan fingerprint density at radius 1 is 1.17 bits per heavy atom. The highest BCUT2D eigenvalue weighted by molar-refractivity contribution is 6.01. The monoisotopic (exact) mass is 419 g/mol. The standard InChI is InChI=1S/C18H33N11O/c1-17(2,3)10(21)8(19)12(22)24-14-25-15(27-16(26-14)30-7)29-13(23)9(20)11(28-29)18(4,5)6/h14,21,24H,19-20,22-23H2,1-7H3,(H,25,26,27)/b12-8+,21-10?. The van der Waals surface area contributed by atoms with E-state index in [9.17, 15) is 0 Å². The van der Waals surface area contributed by atoms with Crippen LogP contribution in [-0.2, 0) is 10.2 Å². The minimum absolute atomic E-state index is 0.0734. The maximum Gasteiger partial charge on any atom is 0.318 e. The molecule has 12 nitrogen and oxygen atoms in total. The lowest BCUT2D eigenvalue weighted by Gasteiger charge is -2.26. The van der Waals surface area contributed by atoms with Gasteiger partial charge in [-0.25, -0.2) is 0 Å². The second-order valence-corrected chi connectivity index (χ2v) is 9.00. The molecule has 0 amide bonds. The second kappa shape index (κ2) is 7.76. The molecule has 30 heavy (non-hydrogen) atoms. The van der Waals surface area contributed by atoms with Gasteiger partial charge in [-0.3, -0.25) is 0 Å². The fraction of sp³-hybridized carbons (Fsp3) is 0.556. The van der Waals surface area contributed by atoms with Crippen molar-refractivity contribution in [2.45, 2.75) is 53.2 Å². The number of nitrogens with zero attached hydrogens (tertiary/aromatic N) is 4. The molecule has 0 fully saturated rings. The van der Waals surface area contributed by atoms with Crippen LogP contribution >= 0.6 is 0 Å². The maximum atomic E-state index is 8.20. The number of ether oxygens (including phenoxy) is 1. The largest absolute Gasteiger partial charge is 0.467 e. The molecule has 1 atom stereocenters. The summed E-state index contributed by atoms with van der Waals surface area (Å²) in [4.78, 5) is 8.53. The first-order valence-electron chi connectivity index (χ1n) is 9.39. The first-order valence-corrected chi connectivity index (χ1v) is 9.39. The fourth-order valence-corrected chi connectivity index (χ4v) is 2.61. The average molecular weight is 420 g/mol. The molecule has 0 aliphatic carbocycles. The molecule has 0 aromatic carbocycles. The smallest absolute Gasteiger partial charge is 0.318 e. The Balaban J connectivity index is 2.37. The molecule has 1 aromatic rings. The van der Waals surface area contributed by atoms with Crippen LogP contribution in [0.5, 0.6) is 0 Å². The van der Waals surface area contributed by atoms with Gasteiger partial charge in [-0.1, -0.05) is 41.5 Å². The zero-order valence-electron chi connectivity index (χ0n) is 18.6. The SMILES string of the molecule is COC1=NC(N/C(N)=C(/N)C(=N)C(C)(C)C)NC(n2nc(C(C)(C)C)c(N)c2N)=N1. The highest BCUT2D eigenvalue weighted by Gasteiger charge is 2.29. The summed E-state index contributed by atoms with van der Waals surface area (Å²) < 4.78 is 6.59. The van der Waals surface area contributed by atoms with Crippen molar-refractivity contribution in [2.24, 2.45) is 26.9 Å². The minimum atomic E-state index is -0.790. The van der Waals surface area contributed by atoms with Gasteiger partial charge in [0.15, 0.2) is 5.82 Å². The van der Waals surface area contributed by atoms with E-state index in [0.29, 0.717) is 11.4 Å². The molecule has 2 rings (SSSR count). The molecule has 0 saturated heterocycles. The molecule has 1 aromatic heterocycles. The lowest BCUT2D eigenvalue weighted by Crippen LogP contribution is -2.51. The third-order valence-corrected chi connectivity index (χ3v) is 4.36. The zero-order chi connectivity index (χ0) is 23.0. The van der Waals surface area contributed by atoms with E-state index in [2.05, 4.69) is 25.7 Å². The van der Waals surface area contributed by atoms with Gasteiger partial charge in [0.25, 0.3) is 0 Å². The number of aromatic nitrogens is 2. The van der Waals surface area contributed by atoms with Crippen molar-refractivity contribution in [1.82, 2.24) is 20.4 Å². The quantitative estimate of drug-likeness (QED) is 0.336. The van der Waals surface area contributed by atoms with E-state index in [1.807, 2.05) is 41.5 Å². The van der Waals surface area contributed by atoms with E-state index in [1.165, 1.54) is 11.8 Å². The molecule has 0 spiro atoms. The van der Waals surface area contributed by atoms with Crippen molar-refractivity contribution < 1.29 is 4.74 Å². The highest BCUT2D eigenvalue weighted by Crippen LogP contribution is 2.30. The number of hydrogen-bond donors (Lipinski definition) is 7. The van der Waals surface area contributed by atoms with Gasteiger partial charge in [-0.2, -0.15) is 19.8 Å². The molecule has 12 heteroatoms. The summed E-state index contributed by atoms with van der Waals surface area (Å²) in [6, 6.07) is 0.0734. The molecule has 0 saturated carbocycles. The summed E-state index contributed by atoms with van der Waals surface area (Å²) in [5.74, 6) is 0.576. The van der Waals surface area contributed by atoms with Crippen LogP contribution in [0.4, 0.5) is 11.5 Å². The minimum Gasteiger partial charge on any atom is -0.467 e. The van der Waals surface area contributed by atoms with E-state index < -0.39 is 11.7 Å². The molecule has 0 bridgehead atoms. The molecular weight excluding hydrogens is 386 g/mol. The predicted molar refractivity (Wildman–Crippen MR) is 120 cm³/mol. The maximum absolute atomic E-state index is 8.20. The number of amidine groups is 1. The van der Waals surface area contributed by atoms with E-state index >= 15 is 0 Å². The third-order valence-electron chi connectivity index (χ3n) is 4.36. The van der Waals surface area contributed by atoms with Crippen LogP contribution in [0, 0.1) is 10.8 Å². The topological polar surface area (TPSA) is 204 Å². The summed E-state index contributed by atoms with van der Waals surface area (Å²) in [5, 5.41) is 18.7. The zero-order valence-corrected chi connectivity index (χ0v) is 18.6. The molecule has 1 aliphatic heterocycles. The van der Waals surface area contributed by atoms with Crippen molar-refractivity contribution in [3.05, 3.63) is 17.2 Å². The second-order valence-electron chi connectivity index (χ2n) is 9.00. The molecule has 1 aliphatic rings. The summed E-state index contributed by atoms with van der Waals surface area (Å²) >= 11 is 0. The van der Waals surface area contributed by atoms with Crippen molar-refractivity contribution in [1.29, 1.82) is 5.41 Å². The first-order chi connectivity index (χ1) is 13.7. The van der Waals surface area contributed by atoms with Gasteiger partial charge in [-0.05, 0) is 0 Å². The first kappa shape index (κ1) is 22.8. The van der Waals surface area contributed by atoms with Gasteiger partial charge in [0.1, 0.15) is 5.82 Å². The summed E-state index contributed by atoms with van der Waals surface area (Å²) in [5.41, 5.74) is 25.0. The summed E-state index contributed by atoms with van der Waals surface area (Å²) in [7, 11) is 1.44. The Labute approximate surface area is 176 Å². The molecule has 166 valence electrons. The highest BCUT2D eigenvalue weighted by atomic mass is 16.5. The number of aliphatic imine (C=N–C) groups is 2. The van der Waals surface area contributed by atoms with E-state index in [0.717, 1.165) is 0 Å². The molecule has 0 radical (unpaired) electrons. The van der Waals surface area contributed by atoms with Crippen molar-refractivity contribution >= 4 is 29.2 Å². The van der Waals surface area contributed by atoms with Crippen LogP contribution < -0.4 is 33.6 Å². The third kappa shape index (κ3) is 4.58. The Bertz CT molecular complexity index is 925. The molecule has 1 unspecified atom stereocenters. The van der Waals surface area contributed by atoms with E-state index in [4.69, 9.17) is 33.1 Å². The van der Waals surface area contributed by atoms with Crippen molar-refractivity contribution in [3.63, 3.8) is 0 Å². The van der Waals surface area contributed by atoms with E-state index in [1.54, 1.807) is 0 Å². The van der Waals surface area contributed by atoms with Crippen molar-refractivity contribution in [2.75, 3.05) is 18.6 Å². The molecule has 2 heterocycles. The number of nitrogens with one attached hydrogen (secondary N) is 3. The van der Waals surface area contributed by atoms with Gasteiger partial charge in [0.05, 0.1) is 29.9 Å². The Hall–Kier alpha value is -3.44. The number of nitrogens with two attached hydrogens (primary N) is 4. The van der Waals surface area contributed by atoms with Gasteiger partial charge in [0, 0.05) is 10.8 Å². The fourth-order valence-electron chi connectivity index (χ4n) is 2.61. The normalized spacial score (nSPS) is 18.0. The lowest BCUT2D eigenvalue weighted by molar-refractivity contribution is 0.379. The Morgan fingerprint density at radius 2 is 1.77 bits per heavy atom. The number of rotatable bonds is 3. The number of nitrogen functional groups attached to an aromatic ring is 2. The summed E-state index contributed by atoms with van der Waals surface area (Å²) in [6.07, 6.45) is -0.790. The van der Waals surface area contributed by atoms with Gasteiger partial charge in [-0.15, -0.1) is 0 Å². The number of methoxy groups -OCH3 is 1.